The summed E-state index contributed by atoms with van der Waals surface area (Å²) < 4.78 is 13.5. The van der Waals surface area contributed by atoms with Gasteiger partial charge in [0.25, 0.3) is 0 Å². The molecule has 0 spiro atoms. The summed E-state index contributed by atoms with van der Waals surface area (Å²) >= 11 is 0. The molecule has 1 amide bonds. The van der Waals surface area contributed by atoms with Crippen molar-refractivity contribution in [2.75, 3.05) is 0 Å². The van der Waals surface area contributed by atoms with Crippen LogP contribution in [-0.4, -0.2) is 26.1 Å². The van der Waals surface area contributed by atoms with E-state index in [9.17, 15) is 9.18 Å². The fourth-order valence-corrected chi connectivity index (χ4v) is 5.00. The number of amides is 1. The number of nitrogens with zero attached hydrogens (tertiary/aromatic N) is 2. The van der Waals surface area contributed by atoms with Crippen LogP contribution < -0.4 is 5.32 Å². The van der Waals surface area contributed by atoms with Crippen molar-refractivity contribution in [1.82, 2.24) is 25.5 Å². The first-order valence-corrected chi connectivity index (χ1v) is 13.1. The van der Waals surface area contributed by atoms with Crippen LogP contribution in [0.4, 0.5) is 4.39 Å². The standard InChI is InChI=1S/C32H28FN5O/c1-3-19(14-24(4-2)35-32(39)21-6-5-7-21)22-10-13-28-26(15-22)31(38-37-28)29-16-25-27(17-34-18-30(25)36-29)20-8-11-23(33)12-9-20/h3-4,8-18,21,36H,2,5-7H2,1H3,(H,35,39)(H,37,38)/b19-3+,24-14+. The molecule has 39 heavy (non-hydrogen) atoms. The molecule has 0 atom stereocenters. The van der Waals surface area contributed by atoms with Crippen LogP contribution in [0.25, 0.3) is 49.9 Å². The monoisotopic (exact) mass is 517 g/mol. The molecule has 3 heterocycles. The molecule has 0 bridgehead atoms. The van der Waals surface area contributed by atoms with Crippen LogP contribution in [-0.2, 0) is 4.79 Å². The van der Waals surface area contributed by atoms with Crippen LogP contribution in [0.15, 0.2) is 91.4 Å². The second kappa shape index (κ2) is 10.2. The van der Waals surface area contributed by atoms with Gasteiger partial charge in [0, 0.05) is 34.1 Å². The third-order valence-corrected chi connectivity index (χ3v) is 7.44. The van der Waals surface area contributed by atoms with E-state index in [4.69, 9.17) is 0 Å². The zero-order chi connectivity index (χ0) is 26.9. The van der Waals surface area contributed by atoms with E-state index < -0.39 is 0 Å². The molecule has 0 unspecified atom stereocenters. The van der Waals surface area contributed by atoms with Crippen molar-refractivity contribution in [1.29, 1.82) is 0 Å². The number of benzene rings is 2. The second-order valence-electron chi connectivity index (χ2n) is 9.84. The highest BCUT2D eigenvalue weighted by molar-refractivity contribution is 6.01. The third-order valence-electron chi connectivity index (χ3n) is 7.44. The van der Waals surface area contributed by atoms with Crippen LogP contribution in [0.2, 0.25) is 0 Å². The topological polar surface area (TPSA) is 86.5 Å². The molecule has 194 valence electrons. The first-order valence-electron chi connectivity index (χ1n) is 13.1. The molecular weight excluding hydrogens is 489 g/mol. The van der Waals surface area contributed by atoms with E-state index in [1.165, 1.54) is 12.1 Å². The molecule has 0 saturated heterocycles. The van der Waals surface area contributed by atoms with Crippen molar-refractivity contribution in [2.24, 2.45) is 5.92 Å². The van der Waals surface area contributed by atoms with Gasteiger partial charge < -0.3 is 10.3 Å². The van der Waals surface area contributed by atoms with Gasteiger partial charge in [0.15, 0.2) is 0 Å². The van der Waals surface area contributed by atoms with Crippen LogP contribution in [0.3, 0.4) is 0 Å². The molecular formula is C32H28FN5O. The van der Waals surface area contributed by atoms with Crippen molar-refractivity contribution in [3.63, 3.8) is 0 Å². The number of aromatic amines is 2. The van der Waals surface area contributed by atoms with Crippen LogP contribution in [0.1, 0.15) is 31.7 Å². The van der Waals surface area contributed by atoms with Gasteiger partial charge in [-0.15, -0.1) is 0 Å². The van der Waals surface area contributed by atoms with E-state index in [-0.39, 0.29) is 17.6 Å². The Morgan fingerprint density at radius 3 is 2.62 bits per heavy atom. The minimum absolute atomic E-state index is 0.0590. The first-order chi connectivity index (χ1) is 19.0. The van der Waals surface area contributed by atoms with E-state index in [1.807, 2.05) is 31.2 Å². The largest absolute Gasteiger partial charge is 0.352 e. The van der Waals surface area contributed by atoms with Crippen molar-refractivity contribution in [3.05, 3.63) is 103 Å². The molecule has 3 aromatic heterocycles. The van der Waals surface area contributed by atoms with Gasteiger partial charge in [0.05, 0.1) is 22.9 Å². The minimum atomic E-state index is -0.274. The number of fused-ring (bicyclic) bond motifs is 2. The zero-order valence-electron chi connectivity index (χ0n) is 21.6. The summed E-state index contributed by atoms with van der Waals surface area (Å²) in [6.45, 7) is 5.87. The molecule has 6 nitrogen and oxygen atoms in total. The van der Waals surface area contributed by atoms with Gasteiger partial charge in [-0.2, -0.15) is 5.10 Å². The molecule has 1 fully saturated rings. The molecule has 1 aliphatic rings. The highest BCUT2D eigenvalue weighted by Crippen LogP contribution is 2.34. The van der Waals surface area contributed by atoms with Gasteiger partial charge in [0.2, 0.25) is 5.91 Å². The average molecular weight is 518 g/mol. The van der Waals surface area contributed by atoms with E-state index in [0.717, 1.165) is 74.7 Å². The Morgan fingerprint density at radius 2 is 1.90 bits per heavy atom. The van der Waals surface area contributed by atoms with Crippen molar-refractivity contribution in [3.8, 4) is 22.5 Å². The predicted molar refractivity (Wildman–Crippen MR) is 154 cm³/mol. The van der Waals surface area contributed by atoms with Gasteiger partial charge in [0.1, 0.15) is 11.5 Å². The summed E-state index contributed by atoms with van der Waals surface area (Å²) in [5.74, 6) is -0.116. The smallest absolute Gasteiger partial charge is 0.227 e. The number of carbonyl (C=O) groups is 1. The number of H-pyrrole nitrogens is 2. The summed E-state index contributed by atoms with van der Waals surface area (Å²) in [5, 5.41) is 12.7. The van der Waals surface area contributed by atoms with Crippen molar-refractivity contribution >= 4 is 33.3 Å². The molecule has 2 aromatic carbocycles. The highest BCUT2D eigenvalue weighted by Gasteiger charge is 2.25. The van der Waals surface area contributed by atoms with E-state index in [2.05, 4.69) is 44.2 Å². The number of carbonyl (C=O) groups excluding carboxylic acids is 1. The van der Waals surface area contributed by atoms with Gasteiger partial charge >= 0.3 is 0 Å². The number of nitrogens with one attached hydrogen (secondary N) is 3. The maximum Gasteiger partial charge on any atom is 0.227 e. The number of aromatic nitrogens is 4. The number of hydrogen-bond donors (Lipinski definition) is 3. The summed E-state index contributed by atoms with van der Waals surface area (Å²) in [6, 6.07) is 14.6. The van der Waals surface area contributed by atoms with E-state index >= 15 is 0 Å². The fourth-order valence-electron chi connectivity index (χ4n) is 5.00. The average Bonchev–Trinajstić information content (AvgIpc) is 3.54. The minimum Gasteiger partial charge on any atom is -0.352 e. The number of allylic oxidation sites excluding steroid dienone is 4. The number of halogens is 1. The van der Waals surface area contributed by atoms with Gasteiger partial charge in [-0.3, -0.25) is 14.9 Å². The van der Waals surface area contributed by atoms with Gasteiger partial charge in [-0.25, -0.2) is 4.39 Å². The normalized spacial score (nSPS) is 14.5. The van der Waals surface area contributed by atoms with Crippen molar-refractivity contribution < 1.29 is 9.18 Å². The molecule has 1 aliphatic carbocycles. The Kier molecular flexibility index (Phi) is 6.40. The molecule has 6 rings (SSSR count). The fraction of sp³-hybridized carbons (Fsp3) is 0.156. The molecule has 3 N–H and O–H groups in total. The summed E-state index contributed by atoms with van der Waals surface area (Å²) in [4.78, 5) is 20.3. The van der Waals surface area contributed by atoms with Crippen LogP contribution in [0, 0.1) is 11.7 Å². The number of rotatable bonds is 7. The Bertz CT molecular complexity index is 1770. The Labute approximate surface area is 225 Å². The SMILES string of the molecule is C=C/C(=C\C(=C/C)c1ccc2[nH]nc(-c3cc4c(-c5ccc(F)cc5)cncc4[nH]3)c2c1)NC(=O)C1CCC1. The maximum absolute atomic E-state index is 13.5. The lowest BCUT2D eigenvalue weighted by atomic mass is 9.85. The van der Waals surface area contributed by atoms with E-state index in [1.54, 1.807) is 30.6 Å². The van der Waals surface area contributed by atoms with Crippen LogP contribution in [0.5, 0.6) is 0 Å². The van der Waals surface area contributed by atoms with Gasteiger partial charge in [-0.05, 0) is 78.9 Å². The molecule has 1 saturated carbocycles. The molecule has 0 radical (unpaired) electrons. The maximum atomic E-state index is 13.5. The zero-order valence-corrected chi connectivity index (χ0v) is 21.6. The summed E-state index contributed by atoms with van der Waals surface area (Å²) in [5.41, 5.74) is 7.86. The van der Waals surface area contributed by atoms with Crippen molar-refractivity contribution in [2.45, 2.75) is 26.2 Å². The molecule has 7 heteroatoms. The number of pyridine rings is 1. The highest BCUT2D eigenvalue weighted by atomic mass is 19.1. The predicted octanol–water partition coefficient (Wildman–Crippen LogP) is 7.30. The third kappa shape index (κ3) is 4.68. The first kappa shape index (κ1) is 24.6. The Balaban J connectivity index is 1.36. The number of hydrogen-bond acceptors (Lipinski definition) is 3. The Morgan fingerprint density at radius 1 is 1.08 bits per heavy atom. The lowest BCUT2D eigenvalue weighted by molar-refractivity contribution is -0.126. The second-order valence-corrected chi connectivity index (χ2v) is 9.84. The molecule has 0 aliphatic heterocycles. The van der Waals surface area contributed by atoms with Crippen LogP contribution >= 0.6 is 0 Å². The summed E-state index contributed by atoms with van der Waals surface area (Å²) in [6.07, 6.45) is 12.2. The van der Waals surface area contributed by atoms with Gasteiger partial charge in [-0.1, -0.05) is 37.3 Å². The lowest BCUT2D eigenvalue weighted by Crippen LogP contribution is -2.33. The molecule has 5 aromatic rings. The van der Waals surface area contributed by atoms with E-state index in [0.29, 0.717) is 5.70 Å². The summed E-state index contributed by atoms with van der Waals surface area (Å²) in [7, 11) is 0. The Hall–Kier alpha value is -4.78. The quantitative estimate of drug-likeness (QED) is 0.198. The lowest BCUT2D eigenvalue weighted by Gasteiger charge is -2.24.